The molecular formula is C28H30N4O4S. The van der Waals surface area contributed by atoms with Gasteiger partial charge >= 0.3 is 0 Å². The number of anilines is 1. The molecule has 1 aliphatic heterocycles. The van der Waals surface area contributed by atoms with Crippen LogP contribution in [0.25, 0.3) is 12.2 Å². The van der Waals surface area contributed by atoms with E-state index in [1.54, 1.807) is 37.3 Å². The lowest BCUT2D eigenvalue weighted by atomic mass is 9.97. The monoisotopic (exact) mass is 518 g/mol. The number of nitrogens with one attached hydrogen (secondary N) is 1. The zero-order chi connectivity index (χ0) is 26.7. The van der Waals surface area contributed by atoms with Gasteiger partial charge in [0.25, 0.3) is 0 Å². The van der Waals surface area contributed by atoms with E-state index in [-0.39, 0.29) is 35.6 Å². The van der Waals surface area contributed by atoms with E-state index in [2.05, 4.69) is 22.6 Å². The van der Waals surface area contributed by atoms with Crippen LogP contribution < -0.4 is 5.32 Å². The lowest BCUT2D eigenvalue weighted by Gasteiger charge is -2.30. The third-order valence-electron chi connectivity index (χ3n) is 6.68. The third-order valence-corrected chi connectivity index (χ3v) is 8.73. The first-order valence-corrected chi connectivity index (χ1v) is 13.6. The number of piperidine rings is 1. The number of aryl methyl sites for hydroxylation is 4. The molecule has 4 rings (SSSR count). The van der Waals surface area contributed by atoms with E-state index in [0.717, 1.165) is 16.7 Å². The van der Waals surface area contributed by atoms with Gasteiger partial charge in [-0.15, -0.1) is 0 Å². The van der Waals surface area contributed by atoms with Gasteiger partial charge in [0.15, 0.2) is 10.7 Å². The number of carbonyl (C=O) groups excluding carboxylic acids is 1. The van der Waals surface area contributed by atoms with Crippen LogP contribution in [0.1, 0.15) is 52.1 Å². The molecule has 0 radical (unpaired) electrons. The fourth-order valence-corrected chi connectivity index (χ4v) is 6.49. The second-order valence-corrected chi connectivity index (χ2v) is 11.3. The number of nitriles is 1. The van der Waals surface area contributed by atoms with Crippen molar-refractivity contribution in [1.82, 2.24) is 9.46 Å². The zero-order valence-corrected chi connectivity index (χ0v) is 22.2. The summed E-state index contributed by atoms with van der Waals surface area (Å²) in [6.07, 6.45) is 4.33. The molecular weight excluding hydrogens is 488 g/mol. The molecule has 1 fully saturated rings. The molecule has 0 unspecified atom stereocenters. The number of carbonyl (C=O) groups is 1. The van der Waals surface area contributed by atoms with Gasteiger partial charge in [0.05, 0.1) is 11.6 Å². The van der Waals surface area contributed by atoms with Gasteiger partial charge in [0, 0.05) is 24.7 Å². The minimum Gasteiger partial charge on any atom is -0.355 e. The molecule has 0 bridgehead atoms. The fourth-order valence-electron chi connectivity index (χ4n) is 4.77. The molecule has 37 heavy (non-hydrogen) atoms. The Kier molecular flexibility index (Phi) is 7.62. The molecule has 2 heterocycles. The minimum absolute atomic E-state index is 0.0617. The number of aromatic nitrogens is 1. The first kappa shape index (κ1) is 26.3. The van der Waals surface area contributed by atoms with Gasteiger partial charge in [0.2, 0.25) is 15.9 Å². The van der Waals surface area contributed by atoms with Crippen molar-refractivity contribution in [2.24, 2.45) is 5.92 Å². The summed E-state index contributed by atoms with van der Waals surface area (Å²) in [4.78, 5) is 12.8. The van der Waals surface area contributed by atoms with Gasteiger partial charge < -0.3 is 9.84 Å². The predicted molar refractivity (Wildman–Crippen MR) is 142 cm³/mol. The summed E-state index contributed by atoms with van der Waals surface area (Å²) in [5.41, 5.74) is 5.79. The first-order chi connectivity index (χ1) is 17.6. The Bertz CT molecular complexity index is 1470. The molecule has 0 saturated carbocycles. The Balaban J connectivity index is 1.47. The van der Waals surface area contributed by atoms with Crippen LogP contribution in [-0.2, 0) is 14.8 Å². The van der Waals surface area contributed by atoms with E-state index in [1.165, 1.54) is 9.87 Å². The van der Waals surface area contributed by atoms with Crippen molar-refractivity contribution in [1.29, 1.82) is 5.26 Å². The smallest absolute Gasteiger partial charge is 0.248 e. The van der Waals surface area contributed by atoms with Gasteiger partial charge in [-0.05, 0) is 87.6 Å². The average molecular weight is 519 g/mol. The topological polar surface area (TPSA) is 116 Å². The van der Waals surface area contributed by atoms with E-state index >= 15 is 0 Å². The lowest BCUT2D eigenvalue weighted by Crippen LogP contribution is -2.41. The Hall–Kier alpha value is -3.74. The molecule has 9 heteroatoms. The van der Waals surface area contributed by atoms with E-state index in [1.807, 2.05) is 32.9 Å². The van der Waals surface area contributed by atoms with Crippen molar-refractivity contribution in [3.63, 3.8) is 0 Å². The maximum atomic E-state index is 13.6. The number of sulfonamides is 1. The van der Waals surface area contributed by atoms with Crippen LogP contribution in [0.4, 0.5) is 5.69 Å². The molecule has 3 aromatic rings. The predicted octanol–water partition coefficient (Wildman–Crippen LogP) is 4.99. The molecule has 1 aliphatic rings. The highest BCUT2D eigenvalue weighted by molar-refractivity contribution is 7.89. The van der Waals surface area contributed by atoms with Crippen LogP contribution in [0.2, 0.25) is 0 Å². The second kappa shape index (κ2) is 10.7. The highest BCUT2D eigenvalue weighted by Crippen LogP contribution is 2.30. The normalized spacial score (nSPS) is 15.1. The van der Waals surface area contributed by atoms with Gasteiger partial charge in [-0.2, -0.15) is 9.57 Å². The maximum Gasteiger partial charge on any atom is 0.248 e. The van der Waals surface area contributed by atoms with Crippen LogP contribution in [0.15, 0.2) is 45.8 Å². The second-order valence-electron chi connectivity index (χ2n) is 9.46. The molecule has 1 aromatic heterocycles. The van der Waals surface area contributed by atoms with Gasteiger partial charge in [0.1, 0.15) is 5.69 Å². The van der Waals surface area contributed by atoms with E-state index in [9.17, 15) is 13.2 Å². The summed E-state index contributed by atoms with van der Waals surface area (Å²) < 4.78 is 34.0. The molecule has 192 valence electrons. The standard InChI is InChI=1S/C28H30N4O4S/c1-18-15-19(2)25(20(3)16-18)9-10-26-27(21(4)31-36-26)37(34,35)32-13-11-23(12-14-32)28(33)30-24-7-5-22(17-29)6-8-24/h5-10,15-16,23H,11-14H2,1-4H3,(H,30,33). The summed E-state index contributed by atoms with van der Waals surface area (Å²) in [7, 11) is -3.86. The minimum atomic E-state index is -3.86. The van der Waals surface area contributed by atoms with Crippen molar-refractivity contribution in [2.75, 3.05) is 18.4 Å². The molecule has 0 spiro atoms. The van der Waals surface area contributed by atoms with Gasteiger partial charge in [-0.3, -0.25) is 4.79 Å². The van der Waals surface area contributed by atoms with Crippen LogP contribution in [0.3, 0.4) is 0 Å². The van der Waals surface area contributed by atoms with E-state index in [0.29, 0.717) is 29.8 Å². The summed E-state index contributed by atoms with van der Waals surface area (Å²) in [5, 5.41) is 15.7. The van der Waals surface area contributed by atoms with E-state index < -0.39 is 10.0 Å². The van der Waals surface area contributed by atoms with Crippen molar-refractivity contribution in [3.05, 3.63) is 75.7 Å². The molecule has 1 N–H and O–H groups in total. The van der Waals surface area contributed by atoms with Gasteiger partial charge in [-0.1, -0.05) is 28.9 Å². The molecule has 0 atom stereocenters. The summed E-state index contributed by atoms with van der Waals surface area (Å²) in [6, 6.07) is 12.8. The van der Waals surface area contributed by atoms with Crippen molar-refractivity contribution < 1.29 is 17.7 Å². The highest BCUT2D eigenvalue weighted by atomic mass is 32.2. The number of hydrogen-bond donors (Lipinski definition) is 1. The quantitative estimate of drug-likeness (QED) is 0.491. The Labute approximate surface area is 217 Å². The molecule has 1 amide bonds. The van der Waals surface area contributed by atoms with Crippen LogP contribution in [-0.4, -0.2) is 36.9 Å². The molecule has 2 aromatic carbocycles. The van der Waals surface area contributed by atoms with Gasteiger partial charge in [-0.25, -0.2) is 8.42 Å². The highest BCUT2D eigenvalue weighted by Gasteiger charge is 2.36. The number of benzene rings is 2. The summed E-state index contributed by atoms with van der Waals surface area (Å²) in [5.74, 6) is -0.273. The average Bonchev–Trinajstić information content (AvgIpc) is 3.25. The van der Waals surface area contributed by atoms with Crippen molar-refractivity contribution in [2.45, 2.75) is 45.4 Å². The Morgan fingerprint density at radius 3 is 2.30 bits per heavy atom. The van der Waals surface area contributed by atoms with Crippen molar-refractivity contribution >= 4 is 33.8 Å². The fraction of sp³-hybridized carbons (Fsp3) is 0.321. The molecule has 1 saturated heterocycles. The number of hydrogen-bond acceptors (Lipinski definition) is 6. The summed E-state index contributed by atoms with van der Waals surface area (Å²) >= 11 is 0. The molecule has 8 nitrogen and oxygen atoms in total. The number of amides is 1. The first-order valence-electron chi connectivity index (χ1n) is 12.1. The molecule has 0 aliphatic carbocycles. The maximum absolute atomic E-state index is 13.6. The van der Waals surface area contributed by atoms with Crippen molar-refractivity contribution in [3.8, 4) is 6.07 Å². The SMILES string of the molecule is Cc1cc(C)c(C=Cc2onc(C)c2S(=O)(=O)N2CCC(C(=O)Nc3ccc(C#N)cc3)CC2)c(C)c1. The van der Waals surface area contributed by atoms with Crippen LogP contribution >= 0.6 is 0 Å². The third kappa shape index (κ3) is 5.66. The lowest BCUT2D eigenvalue weighted by molar-refractivity contribution is -0.120. The number of rotatable bonds is 6. The zero-order valence-electron chi connectivity index (χ0n) is 21.4. The Morgan fingerprint density at radius 2 is 1.70 bits per heavy atom. The van der Waals surface area contributed by atoms with Crippen LogP contribution in [0.5, 0.6) is 0 Å². The number of nitrogens with zero attached hydrogens (tertiary/aromatic N) is 3. The largest absolute Gasteiger partial charge is 0.355 e. The summed E-state index contributed by atoms with van der Waals surface area (Å²) in [6.45, 7) is 8.14. The van der Waals surface area contributed by atoms with E-state index in [4.69, 9.17) is 9.78 Å². The Morgan fingerprint density at radius 1 is 1.08 bits per heavy atom. The van der Waals surface area contributed by atoms with Crippen LogP contribution in [0, 0.1) is 44.9 Å².